The molecule has 0 spiro atoms. The summed E-state index contributed by atoms with van der Waals surface area (Å²) in [5.74, 6) is -3.65. The van der Waals surface area contributed by atoms with Gasteiger partial charge in [-0.1, -0.05) is 42.5 Å². The number of nitrogens with zero attached hydrogens (tertiary/aromatic N) is 2. The number of hydrogen-bond donors (Lipinski definition) is 2. The molecule has 0 unspecified atom stereocenters. The van der Waals surface area contributed by atoms with E-state index in [4.69, 9.17) is 19.8 Å². The first kappa shape index (κ1) is 26.4. The van der Waals surface area contributed by atoms with Gasteiger partial charge in [0.2, 0.25) is 0 Å². The summed E-state index contributed by atoms with van der Waals surface area (Å²) in [6.45, 7) is 0. The van der Waals surface area contributed by atoms with Gasteiger partial charge < -0.3 is 27.5 Å². The van der Waals surface area contributed by atoms with Crippen LogP contribution < -0.4 is 17.3 Å². The van der Waals surface area contributed by atoms with Crippen LogP contribution in [0.5, 0.6) is 0 Å². The van der Waals surface area contributed by atoms with Crippen LogP contribution in [0.1, 0.15) is 11.1 Å². The van der Waals surface area contributed by atoms with Gasteiger partial charge in [0, 0.05) is 31.9 Å². The van der Waals surface area contributed by atoms with E-state index in [0.717, 1.165) is 0 Å². The number of benzene rings is 2. The van der Waals surface area contributed by atoms with Gasteiger partial charge in [0.15, 0.2) is 5.71 Å². The molecule has 32 heavy (non-hydrogen) atoms. The summed E-state index contributed by atoms with van der Waals surface area (Å²) in [5.41, 5.74) is 7.37. The molecule has 0 saturated heterocycles. The molecule has 0 heterocycles. The molecule has 1 aliphatic rings. The number of carboxylic acid groups (broad SMARTS) is 2. The standard InChI is InChI=1S/C23H25N2.C2H2O4.ClH/c1-24(2)21-14-10-19(11-15-21)23(18-8-6-5-7-9-18)20-12-16-22(17-13-20)25(3)4;3-1(4)2(5)6;/h5-17H,1-4H3;(H,3,4)(H,5,6);1H/q+1;;/p-1. The second-order valence-electron chi connectivity index (χ2n) is 7.23. The highest BCUT2D eigenvalue weighted by molar-refractivity contribution is 6.27. The van der Waals surface area contributed by atoms with E-state index in [0.29, 0.717) is 0 Å². The van der Waals surface area contributed by atoms with Crippen molar-refractivity contribution in [3.63, 3.8) is 0 Å². The van der Waals surface area contributed by atoms with E-state index < -0.39 is 11.9 Å². The van der Waals surface area contributed by atoms with Crippen molar-refractivity contribution in [2.24, 2.45) is 0 Å². The smallest absolute Gasteiger partial charge is 0.414 e. The summed E-state index contributed by atoms with van der Waals surface area (Å²) >= 11 is 0. The van der Waals surface area contributed by atoms with Gasteiger partial charge in [-0.05, 0) is 46.6 Å². The Kier molecular flexibility index (Phi) is 10.1. The van der Waals surface area contributed by atoms with Crippen molar-refractivity contribution in [3.05, 3.63) is 95.6 Å². The fourth-order valence-corrected chi connectivity index (χ4v) is 2.96. The van der Waals surface area contributed by atoms with Crippen molar-refractivity contribution in [1.82, 2.24) is 0 Å². The number of allylic oxidation sites excluding steroid dienone is 5. The highest BCUT2D eigenvalue weighted by atomic mass is 35.5. The fourth-order valence-electron chi connectivity index (χ4n) is 2.96. The summed E-state index contributed by atoms with van der Waals surface area (Å²) in [6, 6.07) is 19.4. The lowest BCUT2D eigenvalue weighted by molar-refractivity contribution is -0.462. The summed E-state index contributed by atoms with van der Waals surface area (Å²) in [6.07, 6.45) is 8.76. The van der Waals surface area contributed by atoms with Gasteiger partial charge in [0.25, 0.3) is 0 Å². The molecule has 1 aliphatic carbocycles. The zero-order valence-corrected chi connectivity index (χ0v) is 19.2. The number of aliphatic carboxylic acids is 2. The number of hydrogen-bond acceptors (Lipinski definition) is 3. The van der Waals surface area contributed by atoms with Gasteiger partial charge in [-0.15, -0.1) is 0 Å². The lowest BCUT2D eigenvalue weighted by Crippen LogP contribution is -3.00. The molecule has 0 aromatic heterocycles. The summed E-state index contributed by atoms with van der Waals surface area (Å²) < 4.78 is 2.12. The Bertz CT molecular complexity index is 1030. The van der Waals surface area contributed by atoms with Crippen molar-refractivity contribution in [2.75, 3.05) is 33.1 Å². The third-order valence-electron chi connectivity index (χ3n) is 4.59. The van der Waals surface area contributed by atoms with Crippen molar-refractivity contribution in [2.45, 2.75) is 0 Å². The molecule has 0 saturated carbocycles. The fraction of sp³-hybridized carbons (Fsp3) is 0.160. The number of rotatable bonds is 3. The van der Waals surface area contributed by atoms with Gasteiger partial charge in [-0.2, -0.15) is 0 Å². The summed E-state index contributed by atoms with van der Waals surface area (Å²) in [4.78, 5) is 20.3. The SMILES string of the molecule is CN(C)c1ccc(C(=C2C=CC(=[N+](C)C)C=C2)c2ccccc2)cc1.O=C(O)C(=O)O.[Cl-]. The van der Waals surface area contributed by atoms with Crippen molar-refractivity contribution >= 4 is 28.9 Å². The Balaban J connectivity index is 0.000000648. The minimum absolute atomic E-state index is 0. The molecule has 168 valence electrons. The Morgan fingerprint density at radius 1 is 0.750 bits per heavy atom. The number of halogens is 1. The predicted molar refractivity (Wildman–Crippen MR) is 124 cm³/mol. The zero-order chi connectivity index (χ0) is 23.0. The van der Waals surface area contributed by atoms with Crippen molar-refractivity contribution in [1.29, 1.82) is 0 Å². The normalized spacial score (nSPS) is 11.6. The van der Waals surface area contributed by atoms with Crippen molar-refractivity contribution in [3.8, 4) is 0 Å². The highest BCUT2D eigenvalue weighted by Gasteiger charge is 2.13. The molecule has 2 aromatic rings. The number of anilines is 1. The van der Waals surface area contributed by atoms with Crippen LogP contribution in [0.15, 0.2) is 84.5 Å². The minimum Gasteiger partial charge on any atom is -1.00 e. The molecule has 0 atom stereocenters. The molecule has 6 nitrogen and oxygen atoms in total. The Labute approximate surface area is 194 Å². The maximum Gasteiger partial charge on any atom is 0.414 e. The molecule has 7 heteroatoms. The molecule has 2 N–H and O–H groups in total. The van der Waals surface area contributed by atoms with E-state index in [9.17, 15) is 0 Å². The second-order valence-corrected chi connectivity index (χ2v) is 7.23. The van der Waals surface area contributed by atoms with Crippen LogP contribution in [-0.4, -0.2) is 60.6 Å². The van der Waals surface area contributed by atoms with E-state index in [1.165, 1.54) is 33.7 Å². The molecule has 0 radical (unpaired) electrons. The second kappa shape index (κ2) is 12.3. The lowest BCUT2D eigenvalue weighted by atomic mass is 9.90. The summed E-state index contributed by atoms with van der Waals surface area (Å²) in [7, 11) is 8.27. The topological polar surface area (TPSA) is 80.8 Å². The van der Waals surface area contributed by atoms with Gasteiger partial charge in [-0.25, -0.2) is 14.2 Å². The van der Waals surface area contributed by atoms with Crippen LogP contribution in [0.3, 0.4) is 0 Å². The minimum atomic E-state index is -1.82. The van der Waals surface area contributed by atoms with Crippen LogP contribution in [0.4, 0.5) is 5.69 Å². The third-order valence-corrected chi connectivity index (χ3v) is 4.59. The van der Waals surface area contributed by atoms with Crippen LogP contribution in [0.25, 0.3) is 5.57 Å². The Hall–Kier alpha value is -3.64. The van der Waals surface area contributed by atoms with Crippen LogP contribution in [0, 0.1) is 0 Å². The molecule has 0 aliphatic heterocycles. The quantitative estimate of drug-likeness (QED) is 0.523. The molecule has 3 rings (SSSR count). The van der Waals surface area contributed by atoms with E-state index in [1.54, 1.807) is 0 Å². The molecule has 0 amide bonds. The van der Waals surface area contributed by atoms with Crippen LogP contribution >= 0.6 is 0 Å². The van der Waals surface area contributed by atoms with E-state index in [-0.39, 0.29) is 12.4 Å². The summed E-state index contributed by atoms with van der Waals surface area (Å²) in [5, 5.41) is 14.8. The average Bonchev–Trinajstić information content (AvgIpc) is 2.76. The van der Waals surface area contributed by atoms with Gasteiger partial charge in [-0.3, -0.25) is 0 Å². The van der Waals surface area contributed by atoms with Crippen molar-refractivity contribution < 1.29 is 36.8 Å². The first-order valence-corrected chi connectivity index (χ1v) is 9.64. The maximum absolute atomic E-state index is 9.10. The maximum atomic E-state index is 9.10. The van der Waals surface area contributed by atoms with E-state index in [2.05, 4.69) is 117 Å². The first-order valence-electron chi connectivity index (χ1n) is 9.64. The average molecular weight is 455 g/mol. The third kappa shape index (κ3) is 7.25. The van der Waals surface area contributed by atoms with Gasteiger partial charge >= 0.3 is 11.9 Å². The zero-order valence-electron chi connectivity index (χ0n) is 18.5. The van der Waals surface area contributed by atoms with E-state index >= 15 is 0 Å². The van der Waals surface area contributed by atoms with E-state index in [1.807, 2.05) is 0 Å². The molecule has 0 fully saturated rings. The Morgan fingerprint density at radius 3 is 1.62 bits per heavy atom. The van der Waals surface area contributed by atoms with Crippen LogP contribution in [-0.2, 0) is 9.59 Å². The molecular weight excluding hydrogens is 428 g/mol. The first-order chi connectivity index (χ1) is 14.7. The molecular formula is C25H27ClN2O4. The van der Waals surface area contributed by atoms with Crippen LogP contribution in [0.2, 0.25) is 0 Å². The predicted octanol–water partition coefficient (Wildman–Crippen LogP) is 0.553. The van der Waals surface area contributed by atoms with Gasteiger partial charge in [0.05, 0.1) is 0 Å². The monoisotopic (exact) mass is 454 g/mol. The van der Waals surface area contributed by atoms with Gasteiger partial charge in [0.1, 0.15) is 14.1 Å². The largest absolute Gasteiger partial charge is 1.00 e. The number of carbonyl (C=O) groups is 2. The lowest BCUT2D eigenvalue weighted by Gasteiger charge is -2.16. The molecule has 0 bridgehead atoms. The highest BCUT2D eigenvalue weighted by Crippen LogP contribution is 2.30. The molecule has 2 aromatic carbocycles. The number of carboxylic acids is 2. The Morgan fingerprint density at radius 2 is 1.22 bits per heavy atom.